The lowest BCUT2D eigenvalue weighted by atomic mass is 10.0. The van der Waals surface area contributed by atoms with E-state index in [9.17, 15) is 9.18 Å². The molecule has 0 aliphatic rings. The van der Waals surface area contributed by atoms with Crippen LogP contribution in [0.2, 0.25) is 0 Å². The molecule has 4 aromatic rings. The van der Waals surface area contributed by atoms with Crippen molar-refractivity contribution in [1.82, 2.24) is 30.4 Å². The minimum atomic E-state index is -0.703. The molecule has 1 amide bonds. The van der Waals surface area contributed by atoms with E-state index in [4.69, 9.17) is 14.7 Å². The number of ether oxygens (including phenoxy) is 2. The molecule has 1 aromatic carbocycles. The molecule has 12 heteroatoms. The van der Waals surface area contributed by atoms with Crippen LogP contribution in [0.3, 0.4) is 0 Å². The van der Waals surface area contributed by atoms with Gasteiger partial charge in [-0.15, -0.1) is 0 Å². The van der Waals surface area contributed by atoms with Crippen molar-refractivity contribution in [2.75, 3.05) is 25.6 Å². The maximum atomic E-state index is 14.2. The van der Waals surface area contributed by atoms with E-state index in [0.29, 0.717) is 28.9 Å². The number of benzene rings is 1. The summed E-state index contributed by atoms with van der Waals surface area (Å²) in [5, 5.41) is 12.4. The largest absolute Gasteiger partial charge is 0.489 e. The predicted molar refractivity (Wildman–Crippen MR) is 119 cm³/mol. The molecule has 0 saturated heterocycles. The van der Waals surface area contributed by atoms with Crippen LogP contribution in [0.25, 0.3) is 22.0 Å². The van der Waals surface area contributed by atoms with Crippen LogP contribution < -0.4 is 20.3 Å². The number of pyridine rings is 1. The molecular weight excluding hydrogens is 445 g/mol. The van der Waals surface area contributed by atoms with E-state index >= 15 is 0 Å². The first-order valence-electron chi connectivity index (χ1n) is 10.1. The standard InChI is InChI=1S/C22H20FN7O4/c1-12-16-5-13(14-6-17(23)21(33-2)25-8-14)7-18(19(16)29-11-28-12)34-4-3-24-22-26-9-15(10-27-22)20(31)30-32/h5-11,32H,3-4H2,1-2H3,(H,30,31)(H,24,26,27). The van der Waals surface area contributed by atoms with Crippen LogP contribution in [0.15, 0.2) is 43.1 Å². The minimum Gasteiger partial charge on any atom is -0.489 e. The van der Waals surface area contributed by atoms with Crippen LogP contribution >= 0.6 is 0 Å². The van der Waals surface area contributed by atoms with Crippen molar-refractivity contribution in [1.29, 1.82) is 0 Å². The summed E-state index contributed by atoms with van der Waals surface area (Å²) in [7, 11) is 1.35. The highest BCUT2D eigenvalue weighted by atomic mass is 19.1. The fraction of sp³-hybridized carbons (Fsp3) is 0.182. The molecule has 3 heterocycles. The summed E-state index contributed by atoms with van der Waals surface area (Å²) in [6.07, 6.45) is 5.53. The number of aryl methyl sites for hydroxylation is 1. The number of hydroxylamine groups is 1. The third-order valence-corrected chi connectivity index (χ3v) is 4.90. The predicted octanol–water partition coefficient (Wildman–Crippen LogP) is 2.55. The zero-order valence-electron chi connectivity index (χ0n) is 18.2. The van der Waals surface area contributed by atoms with Crippen molar-refractivity contribution in [2.45, 2.75) is 6.92 Å². The highest BCUT2D eigenvalue weighted by molar-refractivity contribution is 5.92. The van der Waals surface area contributed by atoms with Gasteiger partial charge in [0.15, 0.2) is 5.82 Å². The second-order valence-corrected chi connectivity index (χ2v) is 7.06. The number of carbonyl (C=O) groups excluding carboxylic acids is 1. The van der Waals surface area contributed by atoms with E-state index in [1.807, 2.05) is 13.0 Å². The van der Waals surface area contributed by atoms with Crippen molar-refractivity contribution in [3.05, 3.63) is 60.2 Å². The number of anilines is 1. The Balaban J connectivity index is 1.53. The lowest BCUT2D eigenvalue weighted by Gasteiger charge is -2.13. The molecule has 0 aliphatic heterocycles. The first-order valence-corrected chi connectivity index (χ1v) is 10.1. The van der Waals surface area contributed by atoms with Gasteiger partial charge in [0, 0.05) is 35.2 Å². The van der Waals surface area contributed by atoms with Gasteiger partial charge in [0.1, 0.15) is 24.2 Å². The zero-order valence-corrected chi connectivity index (χ0v) is 18.2. The lowest BCUT2D eigenvalue weighted by molar-refractivity contribution is 0.0705. The quantitative estimate of drug-likeness (QED) is 0.202. The molecule has 4 rings (SSSR count). The molecule has 11 nitrogen and oxygen atoms in total. The van der Waals surface area contributed by atoms with E-state index < -0.39 is 11.7 Å². The summed E-state index contributed by atoms with van der Waals surface area (Å²) in [4.78, 5) is 31.9. The smallest absolute Gasteiger partial charge is 0.277 e. The molecule has 3 aromatic heterocycles. The molecule has 0 radical (unpaired) electrons. The number of methoxy groups -OCH3 is 1. The Hall–Kier alpha value is -4.45. The van der Waals surface area contributed by atoms with E-state index in [0.717, 1.165) is 11.1 Å². The number of halogens is 1. The molecule has 34 heavy (non-hydrogen) atoms. The van der Waals surface area contributed by atoms with Gasteiger partial charge in [0.05, 0.1) is 19.2 Å². The van der Waals surface area contributed by atoms with E-state index in [-0.39, 0.29) is 24.0 Å². The maximum Gasteiger partial charge on any atom is 0.277 e. The van der Waals surface area contributed by atoms with Crippen molar-refractivity contribution in [2.24, 2.45) is 0 Å². The fourth-order valence-corrected chi connectivity index (χ4v) is 3.19. The lowest BCUT2D eigenvalue weighted by Crippen LogP contribution is -2.19. The Labute approximate surface area is 193 Å². The first-order chi connectivity index (χ1) is 16.5. The minimum absolute atomic E-state index is 0.0844. The second-order valence-electron chi connectivity index (χ2n) is 7.06. The Morgan fingerprint density at radius 2 is 1.85 bits per heavy atom. The SMILES string of the molecule is COc1ncc(-c2cc(OCCNc3ncc(C(=O)NO)cn3)c3ncnc(C)c3c2)cc1F. The molecule has 0 fully saturated rings. The van der Waals surface area contributed by atoms with Gasteiger partial charge in [-0.1, -0.05) is 0 Å². The van der Waals surface area contributed by atoms with Gasteiger partial charge in [-0.25, -0.2) is 34.8 Å². The third kappa shape index (κ3) is 4.81. The number of nitrogens with zero attached hydrogens (tertiary/aromatic N) is 5. The van der Waals surface area contributed by atoms with Crippen LogP contribution in [0, 0.1) is 12.7 Å². The number of hydrogen-bond donors (Lipinski definition) is 3. The zero-order chi connectivity index (χ0) is 24.1. The van der Waals surface area contributed by atoms with Crippen LogP contribution in [-0.2, 0) is 0 Å². The van der Waals surface area contributed by atoms with Gasteiger partial charge in [0.25, 0.3) is 5.91 Å². The number of amides is 1. The van der Waals surface area contributed by atoms with Crippen molar-refractivity contribution < 1.29 is 23.9 Å². The monoisotopic (exact) mass is 465 g/mol. The van der Waals surface area contributed by atoms with Crippen molar-refractivity contribution >= 4 is 22.8 Å². The number of carbonyl (C=O) groups is 1. The molecular formula is C22H20FN7O4. The topological polar surface area (TPSA) is 144 Å². The summed E-state index contributed by atoms with van der Waals surface area (Å²) in [6.45, 7) is 2.43. The van der Waals surface area contributed by atoms with Crippen molar-refractivity contribution in [3.63, 3.8) is 0 Å². The van der Waals surface area contributed by atoms with Gasteiger partial charge in [0.2, 0.25) is 11.8 Å². The molecule has 0 bridgehead atoms. The molecule has 0 atom stereocenters. The summed E-state index contributed by atoms with van der Waals surface area (Å²) >= 11 is 0. The van der Waals surface area contributed by atoms with Gasteiger partial charge in [-0.05, 0) is 30.7 Å². The maximum absolute atomic E-state index is 14.2. The Morgan fingerprint density at radius 3 is 2.56 bits per heavy atom. The number of aromatic nitrogens is 5. The van der Waals surface area contributed by atoms with Gasteiger partial charge in [-0.2, -0.15) is 0 Å². The normalized spacial score (nSPS) is 10.7. The average Bonchev–Trinajstić information content (AvgIpc) is 2.86. The number of rotatable bonds is 8. The molecule has 0 spiro atoms. The molecule has 0 aliphatic carbocycles. The number of fused-ring (bicyclic) bond motifs is 1. The molecule has 0 saturated carbocycles. The Bertz CT molecular complexity index is 1340. The van der Waals surface area contributed by atoms with Crippen LogP contribution in [-0.4, -0.2) is 56.3 Å². The van der Waals surface area contributed by atoms with E-state index in [1.54, 1.807) is 6.07 Å². The summed E-state index contributed by atoms with van der Waals surface area (Å²) in [5.41, 5.74) is 4.23. The Morgan fingerprint density at radius 1 is 1.06 bits per heavy atom. The first kappa shape index (κ1) is 22.7. The fourth-order valence-electron chi connectivity index (χ4n) is 3.19. The van der Waals surface area contributed by atoms with Gasteiger partial charge in [-0.3, -0.25) is 10.0 Å². The summed E-state index contributed by atoms with van der Waals surface area (Å²) < 4.78 is 25.1. The molecule has 174 valence electrons. The highest BCUT2D eigenvalue weighted by Gasteiger charge is 2.13. The van der Waals surface area contributed by atoms with Crippen LogP contribution in [0.1, 0.15) is 16.1 Å². The Kier molecular flexibility index (Phi) is 6.69. The van der Waals surface area contributed by atoms with Gasteiger partial charge < -0.3 is 14.8 Å². The summed E-state index contributed by atoms with van der Waals surface area (Å²) in [6, 6.07) is 4.96. The average molecular weight is 465 g/mol. The van der Waals surface area contributed by atoms with E-state index in [1.165, 1.54) is 43.6 Å². The van der Waals surface area contributed by atoms with Crippen LogP contribution in [0.5, 0.6) is 11.6 Å². The number of nitrogens with one attached hydrogen (secondary N) is 2. The second kappa shape index (κ2) is 10.0. The summed E-state index contributed by atoms with van der Waals surface area (Å²) in [5.74, 6) is -0.582. The highest BCUT2D eigenvalue weighted by Crippen LogP contribution is 2.33. The van der Waals surface area contributed by atoms with E-state index in [2.05, 4.69) is 30.2 Å². The van der Waals surface area contributed by atoms with Gasteiger partial charge >= 0.3 is 0 Å². The number of hydrogen-bond acceptors (Lipinski definition) is 10. The van der Waals surface area contributed by atoms with Crippen LogP contribution in [0.4, 0.5) is 10.3 Å². The molecule has 0 unspecified atom stereocenters. The third-order valence-electron chi connectivity index (χ3n) is 4.90. The molecule has 3 N–H and O–H groups in total. The van der Waals surface area contributed by atoms with Crippen molar-refractivity contribution in [3.8, 4) is 22.8 Å².